The summed E-state index contributed by atoms with van der Waals surface area (Å²) in [5.74, 6) is 3.97. The predicted octanol–water partition coefficient (Wildman–Crippen LogP) is 9.77. The van der Waals surface area contributed by atoms with Crippen LogP contribution in [0.1, 0.15) is 173 Å². The van der Waals surface area contributed by atoms with Crippen molar-refractivity contribution in [3.8, 4) is 0 Å². The van der Waals surface area contributed by atoms with Crippen LogP contribution in [0.5, 0.6) is 0 Å². The number of Topliss-reactive ketones (excluding diaryl/α,β-unsaturated/α-hetero) is 6. The summed E-state index contributed by atoms with van der Waals surface area (Å²) in [5.41, 5.74) is -0.650. The van der Waals surface area contributed by atoms with Gasteiger partial charge in [0.1, 0.15) is 34.7 Å². The fraction of sp³-hybridized carbons (Fsp3) is 0.854. The first kappa shape index (κ1) is 43.0. The second kappa shape index (κ2) is 18.7. The molecule has 0 aromatic rings. The van der Waals surface area contributed by atoms with Gasteiger partial charge in [-0.05, 0) is 110 Å². The molecule has 0 spiro atoms. The summed E-state index contributed by atoms with van der Waals surface area (Å²) in [7, 11) is 0. The normalized spacial score (nSPS) is 26.8. The molecule has 0 atom stereocenters. The zero-order chi connectivity index (χ0) is 36.3. The van der Waals surface area contributed by atoms with E-state index < -0.39 is 0 Å². The van der Waals surface area contributed by atoms with Gasteiger partial charge in [0.2, 0.25) is 0 Å². The molecule has 0 unspecified atom stereocenters. The highest BCUT2D eigenvalue weighted by Gasteiger charge is 2.34. The summed E-state index contributed by atoms with van der Waals surface area (Å²) in [5, 5.41) is 0. The monoisotopic (exact) mass is 659 g/mol. The molecule has 3 aliphatic rings. The number of carbonyl (C=O) groups is 6. The second-order valence-corrected chi connectivity index (χ2v) is 18.2. The first-order chi connectivity index (χ1) is 21.4. The van der Waals surface area contributed by atoms with E-state index >= 15 is 0 Å². The van der Waals surface area contributed by atoms with E-state index in [4.69, 9.17) is 0 Å². The van der Waals surface area contributed by atoms with Crippen LogP contribution in [0.2, 0.25) is 0 Å². The Bertz CT molecular complexity index is 1050. The zero-order valence-corrected chi connectivity index (χ0v) is 32.3. The molecule has 270 valence electrons. The number of hydrogen-bond donors (Lipinski definition) is 0. The van der Waals surface area contributed by atoms with Crippen LogP contribution in [0.3, 0.4) is 0 Å². The standard InChI is InChI=1S/2C14H24O2.C13H22O2/c1-10(15)12-7-5-11(6-8-12)9-13(16)14(2,3)4;1-10(15)9-11-5-7-12(8-6-11)13(16)14(2,3)4;1-9(14)10-5-7-11(8-6-10)12(15)13(2,3)4/h2*11-12H,5-9H2,1-4H3;10-11H,5-8H2,1-4H3. The molecular formula is C41H70O6. The van der Waals surface area contributed by atoms with E-state index in [1.165, 1.54) is 0 Å². The van der Waals surface area contributed by atoms with Gasteiger partial charge in [-0.2, -0.15) is 0 Å². The van der Waals surface area contributed by atoms with E-state index in [2.05, 4.69) is 0 Å². The van der Waals surface area contributed by atoms with Gasteiger partial charge in [-0.3, -0.25) is 24.0 Å². The van der Waals surface area contributed by atoms with Crippen molar-refractivity contribution in [2.24, 2.45) is 51.8 Å². The Morgan fingerprint density at radius 1 is 0.404 bits per heavy atom. The quantitative estimate of drug-likeness (QED) is 0.257. The molecule has 6 heteroatoms. The van der Waals surface area contributed by atoms with E-state index in [1.54, 1.807) is 20.8 Å². The topological polar surface area (TPSA) is 102 Å². The molecule has 0 bridgehead atoms. The third-order valence-electron chi connectivity index (χ3n) is 10.7. The Morgan fingerprint density at radius 3 is 0.957 bits per heavy atom. The van der Waals surface area contributed by atoms with E-state index in [0.717, 1.165) is 77.0 Å². The van der Waals surface area contributed by atoms with Crippen molar-refractivity contribution >= 4 is 34.7 Å². The summed E-state index contributed by atoms with van der Waals surface area (Å²) in [6.45, 7) is 22.9. The summed E-state index contributed by atoms with van der Waals surface area (Å²) >= 11 is 0. The van der Waals surface area contributed by atoms with E-state index in [1.807, 2.05) is 62.3 Å². The van der Waals surface area contributed by atoms with Gasteiger partial charge in [0.05, 0.1) is 0 Å². The van der Waals surface area contributed by atoms with Crippen molar-refractivity contribution in [2.75, 3.05) is 0 Å². The largest absolute Gasteiger partial charge is 0.300 e. The molecule has 6 nitrogen and oxygen atoms in total. The summed E-state index contributed by atoms with van der Waals surface area (Å²) in [4.78, 5) is 69.4. The third-order valence-corrected chi connectivity index (χ3v) is 10.7. The molecule has 3 aliphatic carbocycles. The highest BCUT2D eigenvalue weighted by atomic mass is 16.1. The molecule has 0 heterocycles. The van der Waals surface area contributed by atoms with E-state index in [-0.39, 0.29) is 51.5 Å². The van der Waals surface area contributed by atoms with E-state index in [9.17, 15) is 28.8 Å². The predicted molar refractivity (Wildman–Crippen MR) is 191 cm³/mol. The van der Waals surface area contributed by atoms with Crippen LogP contribution in [0.25, 0.3) is 0 Å². The minimum absolute atomic E-state index is 0.195. The maximum atomic E-state index is 12.1. The van der Waals surface area contributed by atoms with Crippen LogP contribution in [0.15, 0.2) is 0 Å². The second-order valence-electron chi connectivity index (χ2n) is 18.2. The summed E-state index contributed by atoms with van der Waals surface area (Å²) in [6.07, 6.45) is 13.1. The Balaban J connectivity index is 0.000000353. The SMILES string of the molecule is CC(=O)C1CCC(C(=O)C(C)(C)C)CC1.CC(=O)C1CCC(CC(=O)C(C)(C)C)CC1.CC(=O)CC1CCC(C(=O)C(C)(C)C)CC1. The van der Waals surface area contributed by atoms with Crippen LogP contribution < -0.4 is 0 Å². The fourth-order valence-electron chi connectivity index (χ4n) is 7.36. The molecule has 0 aliphatic heterocycles. The number of rotatable bonds is 8. The lowest BCUT2D eigenvalue weighted by Crippen LogP contribution is -2.32. The van der Waals surface area contributed by atoms with Crippen LogP contribution >= 0.6 is 0 Å². The van der Waals surface area contributed by atoms with Crippen LogP contribution in [0.4, 0.5) is 0 Å². The van der Waals surface area contributed by atoms with Gasteiger partial charge in [0.15, 0.2) is 0 Å². The minimum Gasteiger partial charge on any atom is -0.300 e. The van der Waals surface area contributed by atoms with E-state index in [0.29, 0.717) is 47.8 Å². The maximum absolute atomic E-state index is 12.1. The molecule has 0 aromatic heterocycles. The maximum Gasteiger partial charge on any atom is 0.141 e. The van der Waals surface area contributed by atoms with Gasteiger partial charge in [-0.15, -0.1) is 0 Å². The molecule has 0 N–H and O–H groups in total. The van der Waals surface area contributed by atoms with Crippen molar-refractivity contribution in [3.63, 3.8) is 0 Å². The van der Waals surface area contributed by atoms with Gasteiger partial charge in [-0.25, -0.2) is 0 Å². The molecule has 0 saturated heterocycles. The summed E-state index contributed by atoms with van der Waals surface area (Å²) in [6, 6.07) is 0. The Kier molecular flexibility index (Phi) is 17.1. The lowest BCUT2D eigenvalue weighted by Gasteiger charge is -2.31. The highest BCUT2D eigenvalue weighted by molar-refractivity contribution is 5.87. The zero-order valence-electron chi connectivity index (χ0n) is 32.3. The Labute approximate surface area is 287 Å². The minimum atomic E-state index is -0.228. The van der Waals surface area contributed by atoms with Crippen LogP contribution in [0, 0.1) is 51.8 Å². The van der Waals surface area contributed by atoms with Gasteiger partial charge in [0.25, 0.3) is 0 Å². The van der Waals surface area contributed by atoms with Gasteiger partial charge >= 0.3 is 0 Å². The third kappa shape index (κ3) is 15.9. The first-order valence-corrected chi connectivity index (χ1v) is 18.6. The van der Waals surface area contributed by atoms with Crippen molar-refractivity contribution < 1.29 is 28.8 Å². The summed E-state index contributed by atoms with van der Waals surface area (Å²) < 4.78 is 0. The molecule has 47 heavy (non-hydrogen) atoms. The van der Waals surface area contributed by atoms with Gasteiger partial charge in [0, 0.05) is 52.8 Å². The van der Waals surface area contributed by atoms with Crippen LogP contribution in [-0.2, 0) is 28.8 Å². The van der Waals surface area contributed by atoms with Gasteiger partial charge in [-0.1, -0.05) is 62.3 Å². The van der Waals surface area contributed by atoms with Crippen molar-refractivity contribution in [1.82, 2.24) is 0 Å². The molecule has 3 fully saturated rings. The first-order valence-electron chi connectivity index (χ1n) is 18.6. The lowest BCUT2D eigenvalue weighted by molar-refractivity contribution is -0.133. The molecular weight excluding hydrogens is 588 g/mol. The Hall–Kier alpha value is -1.98. The van der Waals surface area contributed by atoms with Crippen molar-refractivity contribution in [2.45, 2.75) is 173 Å². The van der Waals surface area contributed by atoms with Crippen molar-refractivity contribution in [1.29, 1.82) is 0 Å². The average molecular weight is 659 g/mol. The molecule has 3 saturated carbocycles. The molecule has 0 amide bonds. The fourth-order valence-corrected chi connectivity index (χ4v) is 7.36. The van der Waals surface area contributed by atoms with Crippen molar-refractivity contribution in [3.05, 3.63) is 0 Å². The number of ketones is 6. The van der Waals surface area contributed by atoms with Gasteiger partial charge < -0.3 is 4.79 Å². The molecule has 3 rings (SSSR count). The molecule has 0 aromatic carbocycles. The number of hydrogen-bond acceptors (Lipinski definition) is 6. The average Bonchev–Trinajstić information content (AvgIpc) is 2.96. The van der Waals surface area contributed by atoms with Crippen LogP contribution in [-0.4, -0.2) is 34.7 Å². The Morgan fingerprint density at radius 2 is 0.681 bits per heavy atom. The highest BCUT2D eigenvalue weighted by Crippen LogP contribution is 2.36. The lowest BCUT2D eigenvalue weighted by atomic mass is 9.73. The smallest absolute Gasteiger partial charge is 0.141 e. The number of carbonyl (C=O) groups excluding carboxylic acids is 6. The molecule has 0 radical (unpaired) electrons.